The molecule has 0 saturated carbocycles. The summed E-state index contributed by atoms with van der Waals surface area (Å²) >= 11 is 1.95. The van der Waals surface area contributed by atoms with E-state index in [2.05, 4.69) is 4.98 Å². The van der Waals surface area contributed by atoms with Gasteiger partial charge in [0.2, 0.25) is 0 Å². The van der Waals surface area contributed by atoms with Crippen LogP contribution in [0.25, 0.3) is 0 Å². The predicted molar refractivity (Wildman–Crippen MR) is 57.2 cm³/mol. The second kappa shape index (κ2) is 4.70. The zero-order chi connectivity index (χ0) is 10.7. The van der Waals surface area contributed by atoms with Crippen LogP contribution in [0.5, 0.6) is 0 Å². The molecule has 0 aliphatic carbocycles. The van der Waals surface area contributed by atoms with Crippen molar-refractivity contribution >= 4 is 17.7 Å². The molecule has 1 aliphatic rings. The third-order valence-electron chi connectivity index (χ3n) is 2.49. The van der Waals surface area contributed by atoms with Gasteiger partial charge in [0.1, 0.15) is 6.26 Å². The minimum absolute atomic E-state index is 0.00784. The molecule has 1 N–H and O–H groups in total. The Morgan fingerprint density at radius 3 is 3.20 bits per heavy atom. The van der Waals surface area contributed by atoms with E-state index in [0.717, 1.165) is 12.2 Å². The number of nitrogens with zero attached hydrogens (tertiary/aromatic N) is 1. The van der Waals surface area contributed by atoms with Gasteiger partial charge in [-0.05, 0) is 30.3 Å². The van der Waals surface area contributed by atoms with E-state index < -0.39 is 5.97 Å². The molecule has 1 atom stereocenters. The van der Waals surface area contributed by atoms with Gasteiger partial charge in [-0.25, -0.2) is 9.78 Å². The van der Waals surface area contributed by atoms with Crippen molar-refractivity contribution in [3.8, 4) is 0 Å². The van der Waals surface area contributed by atoms with Gasteiger partial charge in [-0.15, -0.1) is 0 Å². The van der Waals surface area contributed by atoms with Gasteiger partial charge < -0.3 is 9.52 Å². The molecule has 1 fully saturated rings. The van der Waals surface area contributed by atoms with Crippen molar-refractivity contribution in [3.63, 3.8) is 0 Å². The molecular weight excluding hydrogens is 214 g/mol. The fourth-order valence-electron chi connectivity index (χ4n) is 1.72. The lowest BCUT2D eigenvalue weighted by Gasteiger charge is -2.19. The summed E-state index contributed by atoms with van der Waals surface area (Å²) in [7, 11) is 0. The zero-order valence-electron chi connectivity index (χ0n) is 8.31. The van der Waals surface area contributed by atoms with Crippen LogP contribution in [0.15, 0.2) is 10.7 Å². The van der Waals surface area contributed by atoms with Crippen molar-refractivity contribution in [2.45, 2.75) is 19.3 Å². The number of carbonyl (C=O) groups is 1. The van der Waals surface area contributed by atoms with Crippen LogP contribution in [-0.2, 0) is 6.42 Å². The molecular formula is C10H13NO3S. The Morgan fingerprint density at radius 2 is 2.60 bits per heavy atom. The molecule has 0 amide bonds. The molecule has 0 aromatic carbocycles. The number of rotatable bonds is 3. The molecule has 4 nitrogen and oxygen atoms in total. The highest BCUT2D eigenvalue weighted by Crippen LogP contribution is 2.25. The Morgan fingerprint density at radius 1 is 1.73 bits per heavy atom. The summed E-state index contributed by atoms with van der Waals surface area (Å²) in [6.07, 6.45) is 4.41. The maximum Gasteiger partial charge on any atom is 0.357 e. The van der Waals surface area contributed by atoms with Crippen LogP contribution in [0.1, 0.15) is 29.2 Å². The number of carboxylic acid groups (broad SMARTS) is 1. The number of hydrogen-bond donors (Lipinski definition) is 1. The minimum atomic E-state index is -1.02. The third-order valence-corrected chi connectivity index (χ3v) is 3.77. The molecule has 1 aromatic heterocycles. The first-order valence-corrected chi connectivity index (χ1v) is 6.16. The predicted octanol–water partition coefficient (Wildman–Crippen LogP) is 2.06. The molecule has 0 spiro atoms. The summed E-state index contributed by atoms with van der Waals surface area (Å²) in [6, 6.07) is 0. The fraction of sp³-hybridized carbons (Fsp3) is 0.600. The number of oxazole rings is 1. The molecule has 0 bridgehead atoms. The molecule has 15 heavy (non-hydrogen) atoms. The Hall–Kier alpha value is -0.970. The first-order valence-electron chi connectivity index (χ1n) is 5.01. The highest BCUT2D eigenvalue weighted by atomic mass is 32.2. The molecule has 2 rings (SSSR count). The molecule has 1 aliphatic heterocycles. The van der Waals surface area contributed by atoms with E-state index in [1.165, 1.54) is 24.9 Å². The number of aromatic nitrogens is 1. The van der Waals surface area contributed by atoms with Crippen LogP contribution in [0, 0.1) is 5.92 Å². The van der Waals surface area contributed by atoms with Gasteiger partial charge in [0, 0.05) is 6.42 Å². The van der Waals surface area contributed by atoms with Crippen molar-refractivity contribution < 1.29 is 14.3 Å². The quantitative estimate of drug-likeness (QED) is 0.856. The van der Waals surface area contributed by atoms with Crippen molar-refractivity contribution in [1.29, 1.82) is 0 Å². The first-order chi connectivity index (χ1) is 7.25. The van der Waals surface area contributed by atoms with Crippen LogP contribution in [0.3, 0.4) is 0 Å². The average Bonchev–Trinajstić information content (AvgIpc) is 2.68. The lowest BCUT2D eigenvalue weighted by Crippen LogP contribution is -2.13. The van der Waals surface area contributed by atoms with Crippen LogP contribution >= 0.6 is 11.8 Å². The molecule has 1 aromatic rings. The third kappa shape index (κ3) is 2.75. The Labute approximate surface area is 92.1 Å². The largest absolute Gasteiger partial charge is 0.476 e. The van der Waals surface area contributed by atoms with Crippen molar-refractivity contribution in [3.05, 3.63) is 17.8 Å². The molecule has 2 heterocycles. The lowest BCUT2D eigenvalue weighted by atomic mass is 10.0. The van der Waals surface area contributed by atoms with Crippen LogP contribution in [0.2, 0.25) is 0 Å². The van der Waals surface area contributed by atoms with Gasteiger partial charge in [-0.3, -0.25) is 0 Å². The fourth-order valence-corrected chi connectivity index (χ4v) is 2.87. The second-order valence-electron chi connectivity index (χ2n) is 3.72. The van der Waals surface area contributed by atoms with E-state index >= 15 is 0 Å². The van der Waals surface area contributed by atoms with Gasteiger partial charge in [0.15, 0.2) is 11.6 Å². The molecule has 5 heteroatoms. The van der Waals surface area contributed by atoms with Gasteiger partial charge in [0.25, 0.3) is 0 Å². The van der Waals surface area contributed by atoms with Gasteiger partial charge in [-0.2, -0.15) is 11.8 Å². The van der Waals surface area contributed by atoms with E-state index in [1.54, 1.807) is 0 Å². The van der Waals surface area contributed by atoms with Crippen LogP contribution < -0.4 is 0 Å². The van der Waals surface area contributed by atoms with Crippen LogP contribution in [0.4, 0.5) is 0 Å². The Balaban J connectivity index is 1.94. The number of aromatic carboxylic acids is 1. The van der Waals surface area contributed by atoms with E-state index in [4.69, 9.17) is 9.52 Å². The summed E-state index contributed by atoms with van der Waals surface area (Å²) in [6.45, 7) is 0. The standard InChI is InChI=1S/C10H13NO3S/c12-10(13)8-5-14-9(11-8)4-7-2-1-3-15-6-7/h5,7H,1-4,6H2,(H,12,13). The molecule has 1 saturated heterocycles. The van der Waals surface area contributed by atoms with E-state index in [9.17, 15) is 4.79 Å². The van der Waals surface area contributed by atoms with Crippen molar-refractivity contribution in [2.24, 2.45) is 5.92 Å². The zero-order valence-corrected chi connectivity index (χ0v) is 9.13. The normalized spacial score (nSPS) is 21.5. The minimum Gasteiger partial charge on any atom is -0.476 e. The number of thioether (sulfide) groups is 1. The van der Waals surface area contributed by atoms with E-state index in [0.29, 0.717) is 11.8 Å². The Bertz CT molecular complexity index is 344. The summed E-state index contributed by atoms with van der Waals surface area (Å²) in [5, 5.41) is 8.68. The second-order valence-corrected chi connectivity index (χ2v) is 4.87. The highest BCUT2D eigenvalue weighted by molar-refractivity contribution is 7.99. The molecule has 0 radical (unpaired) electrons. The molecule has 82 valence electrons. The van der Waals surface area contributed by atoms with Crippen molar-refractivity contribution in [2.75, 3.05) is 11.5 Å². The Kier molecular flexibility index (Phi) is 3.30. The summed E-state index contributed by atoms with van der Waals surface area (Å²) in [5.74, 6) is 2.49. The van der Waals surface area contributed by atoms with Gasteiger partial charge in [0.05, 0.1) is 0 Å². The lowest BCUT2D eigenvalue weighted by molar-refractivity contribution is 0.0690. The topological polar surface area (TPSA) is 63.3 Å². The number of hydrogen-bond acceptors (Lipinski definition) is 4. The smallest absolute Gasteiger partial charge is 0.357 e. The molecule has 1 unspecified atom stereocenters. The van der Waals surface area contributed by atoms with Crippen molar-refractivity contribution in [1.82, 2.24) is 4.98 Å². The van der Waals surface area contributed by atoms with Crippen LogP contribution in [-0.4, -0.2) is 27.6 Å². The maximum absolute atomic E-state index is 10.6. The summed E-state index contributed by atoms with van der Waals surface area (Å²) < 4.78 is 5.13. The average molecular weight is 227 g/mol. The summed E-state index contributed by atoms with van der Waals surface area (Å²) in [4.78, 5) is 14.5. The number of carboxylic acids is 1. The van der Waals surface area contributed by atoms with E-state index in [-0.39, 0.29) is 5.69 Å². The van der Waals surface area contributed by atoms with Gasteiger partial charge in [-0.1, -0.05) is 0 Å². The summed E-state index contributed by atoms with van der Waals surface area (Å²) in [5.41, 5.74) is 0.00784. The maximum atomic E-state index is 10.6. The first kappa shape index (κ1) is 10.5. The van der Waals surface area contributed by atoms with E-state index in [1.807, 2.05) is 11.8 Å². The SMILES string of the molecule is O=C(O)c1coc(CC2CCCSC2)n1. The highest BCUT2D eigenvalue weighted by Gasteiger charge is 2.18. The monoisotopic (exact) mass is 227 g/mol. The van der Waals surface area contributed by atoms with Gasteiger partial charge >= 0.3 is 5.97 Å².